The van der Waals surface area contributed by atoms with E-state index in [1.165, 1.54) is 19.2 Å². The number of H-pyrrole nitrogens is 1. The monoisotopic (exact) mass is 735 g/mol. The van der Waals surface area contributed by atoms with Crippen molar-refractivity contribution in [1.29, 1.82) is 0 Å². The van der Waals surface area contributed by atoms with Gasteiger partial charge in [-0.3, -0.25) is 19.3 Å². The number of aromatic nitrogens is 6. The Kier molecular flexibility index (Phi) is 9.21. The molecule has 0 aliphatic carbocycles. The number of carbonyl (C=O) groups is 2. The number of benzene rings is 2. The van der Waals surface area contributed by atoms with Crippen molar-refractivity contribution in [2.75, 3.05) is 51.3 Å². The van der Waals surface area contributed by atoms with Crippen LogP contribution in [0.2, 0.25) is 0 Å². The molecule has 2 aromatic carbocycles. The fourth-order valence-electron chi connectivity index (χ4n) is 7.30. The third-order valence-corrected chi connectivity index (χ3v) is 10.1. The molecule has 1 N–H and O–H groups in total. The lowest BCUT2D eigenvalue weighted by atomic mass is 9.92. The molecule has 0 spiro atoms. The Labute approximate surface area is 307 Å². The molecule has 0 atom stereocenters. The molecule has 2 aliphatic heterocycles. The van der Waals surface area contributed by atoms with Gasteiger partial charge in [0.05, 0.1) is 37.1 Å². The number of fused-ring (bicyclic) bond motifs is 2. The van der Waals surface area contributed by atoms with Crippen LogP contribution in [-0.4, -0.2) is 97.9 Å². The third-order valence-electron chi connectivity index (χ3n) is 10.1. The highest BCUT2D eigenvalue weighted by Crippen LogP contribution is 2.40. The fourth-order valence-corrected chi connectivity index (χ4v) is 7.30. The van der Waals surface area contributed by atoms with E-state index in [1.54, 1.807) is 45.1 Å². The molecule has 0 bridgehead atoms. The quantitative estimate of drug-likeness (QED) is 0.209. The predicted octanol–water partition coefficient (Wildman–Crippen LogP) is 5.77. The molecule has 276 valence electrons. The first kappa shape index (κ1) is 34.8. The number of methoxy groups -OCH3 is 1. The number of ether oxygens (including phenoxy) is 1. The van der Waals surface area contributed by atoms with Crippen LogP contribution in [0.1, 0.15) is 34.6 Å². The Balaban J connectivity index is 1.15. The molecule has 1 fully saturated rings. The van der Waals surface area contributed by atoms with Gasteiger partial charge in [-0.25, -0.2) is 18.2 Å². The minimum absolute atomic E-state index is 0.0457. The maximum absolute atomic E-state index is 16.9. The van der Waals surface area contributed by atoms with Crippen molar-refractivity contribution in [1.82, 2.24) is 39.7 Å². The fraction of sp³-hybridized carbons (Fsp3) is 0.282. The number of amides is 2. The second-order valence-electron chi connectivity index (χ2n) is 13.4. The van der Waals surface area contributed by atoms with Crippen LogP contribution in [0.5, 0.6) is 5.75 Å². The van der Waals surface area contributed by atoms with Crippen molar-refractivity contribution in [3.63, 3.8) is 0 Å². The van der Waals surface area contributed by atoms with Crippen LogP contribution >= 0.6 is 0 Å². The molecule has 12 nitrogen and oxygen atoms in total. The zero-order chi connectivity index (χ0) is 37.5. The highest BCUT2D eigenvalue weighted by molar-refractivity contribution is 6.08. The number of aromatic amines is 1. The highest BCUT2D eigenvalue weighted by atomic mass is 19.1. The molecule has 8 rings (SSSR count). The molecule has 54 heavy (non-hydrogen) atoms. The Bertz CT molecular complexity index is 2430. The average Bonchev–Trinajstić information content (AvgIpc) is 3.89. The first-order chi connectivity index (χ1) is 26.2. The molecular weight excluding hydrogens is 699 g/mol. The van der Waals surface area contributed by atoms with Crippen molar-refractivity contribution in [3.8, 4) is 16.9 Å². The van der Waals surface area contributed by atoms with E-state index in [0.29, 0.717) is 90.4 Å². The van der Waals surface area contributed by atoms with Crippen LogP contribution in [0.15, 0.2) is 67.1 Å². The van der Waals surface area contributed by atoms with E-state index >= 15 is 8.78 Å². The molecular formula is C39H36F3N9O3. The van der Waals surface area contributed by atoms with Crippen LogP contribution in [0, 0.1) is 24.4 Å². The standard InChI is InChI=1S/C39H36F3N9O3/c1-23-5-6-24-7-8-30(41)34(36(24)45-23)28-19-27(25-4-3-11-50(22-25)33(52)9-12-51-13-10-44-47-51)35(42)37-29(28)20-31(46-37)39(53)49-16-14-48(15-17-49)38-32(54-2)18-26(40)21-43-38/h4-8,10,13,18-21,46H,3,9,11-12,14-17,22H2,1-2H3. The molecule has 15 heteroatoms. The van der Waals surface area contributed by atoms with Crippen LogP contribution in [-0.2, 0) is 11.3 Å². The zero-order valence-corrected chi connectivity index (χ0v) is 29.7. The van der Waals surface area contributed by atoms with Gasteiger partial charge in [-0.2, -0.15) is 0 Å². The first-order valence-corrected chi connectivity index (χ1v) is 17.6. The molecule has 0 radical (unpaired) electrons. The average molecular weight is 736 g/mol. The number of piperazine rings is 1. The number of hydrogen-bond acceptors (Lipinski definition) is 8. The second-order valence-corrected chi connectivity index (χ2v) is 13.4. The third kappa shape index (κ3) is 6.50. The Morgan fingerprint density at radius 1 is 0.963 bits per heavy atom. The van der Waals surface area contributed by atoms with Gasteiger partial charge >= 0.3 is 0 Å². The molecule has 0 unspecified atom stereocenters. The number of halogens is 3. The van der Waals surface area contributed by atoms with Gasteiger partial charge in [0.25, 0.3) is 5.91 Å². The van der Waals surface area contributed by atoms with Crippen molar-refractivity contribution < 1.29 is 27.5 Å². The van der Waals surface area contributed by atoms with Gasteiger partial charge in [-0.05, 0) is 54.8 Å². The van der Waals surface area contributed by atoms with Gasteiger partial charge in [0, 0.05) is 85.5 Å². The van der Waals surface area contributed by atoms with Crippen LogP contribution in [0.4, 0.5) is 19.0 Å². The largest absolute Gasteiger partial charge is 0.493 e. The van der Waals surface area contributed by atoms with E-state index in [9.17, 15) is 14.0 Å². The number of hydrogen-bond donors (Lipinski definition) is 1. The van der Waals surface area contributed by atoms with E-state index in [0.717, 1.165) is 6.20 Å². The van der Waals surface area contributed by atoms with Crippen molar-refractivity contribution in [3.05, 3.63) is 102 Å². The minimum atomic E-state index is -0.611. The first-order valence-electron chi connectivity index (χ1n) is 17.6. The molecule has 4 aromatic heterocycles. The maximum Gasteiger partial charge on any atom is 0.270 e. The molecule has 2 aliphatic rings. The zero-order valence-electron chi connectivity index (χ0n) is 29.7. The summed E-state index contributed by atoms with van der Waals surface area (Å²) < 4.78 is 53.6. The van der Waals surface area contributed by atoms with Crippen LogP contribution in [0.25, 0.3) is 38.5 Å². The lowest BCUT2D eigenvalue weighted by Gasteiger charge is -2.35. The summed E-state index contributed by atoms with van der Waals surface area (Å²) in [5.74, 6) is -1.37. The summed E-state index contributed by atoms with van der Waals surface area (Å²) in [4.78, 5) is 44.5. The lowest BCUT2D eigenvalue weighted by Crippen LogP contribution is -2.49. The second kappa shape index (κ2) is 14.3. The van der Waals surface area contributed by atoms with E-state index < -0.39 is 17.5 Å². The summed E-state index contributed by atoms with van der Waals surface area (Å²) in [5.41, 5.74) is 2.60. The number of aryl methyl sites for hydroxylation is 2. The Morgan fingerprint density at radius 3 is 2.56 bits per heavy atom. The summed E-state index contributed by atoms with van der Waals surface area (Å²) in [6.45, 7) is 4.22. The topological polar surface area (TPSA) is 125 Å². The van der Waals surface area contributed by atoms with Gasteiger partial charge < -0.3 is 24.4 Å². The van der Waals surface area contributed by atoms with E-state index in [-0.39, 0.29) is 47.1 Å². The molecule has 6 aromatic rings. The van der Waals surface area contributed by atoms with E-state index in [1.807, 2.05) is 30.0 Å². The number of carbonyl (C=O) groups excluding carboxylic acids is 2. The summed E-state index contributed by atoms with van der Waals surface area (Å²) in [6, 6.07) is 11.2. The smallest absolute Gasteiger partial charge is 0.270 e. The van der Waals surface area contributed by atoms with Crippen molar-refractivity contribution in [2.45, 2.75) is 26.3 Å². The number of rotatable bonds is 8. The summed E-state index contributed by atoms with van der Waals surface area (Å²) >= 11 is 0. The van der Waals surface area contributed by atoms with Gasteiger partial charge in [0.2, 0.25) is 5.91 Å². The number of pyridine rings is 2. The van der Waals surface area contributed by atoms with Gasteiger partial charge in [0.15, 0.2) is 17.4 Å². The van der Waals surface area contributed by atoms with Crippen molar-refractivity contribution >= 4 is 45.0 Å². The number of nitrogens with zero attached hydrogens (tertiary/aromatic N) is 8. The van der Waals surface area contributed by atoms with E-state index in [2.05, 4.69) is 25.3 Å². The summed E-state index contributed by atoms with van der Waals surface area (Å²) in [5, 5.41) is 8.74. The highest BCUT2D eigenvalue weighted by Gasteiger charge is 2.29. The van der Waals surface area contributed by atoms with E-state index in [4.69, 9.17) is 4.74 Å². The summed E-state index contributed by atoms with van der Waals surface area (Å²) in [6.07, 6.45) is 6.94. The lowest BCUT2D eigenvalue weighted by molar-refractivity contribution is -0.131. The Morgan fingerprint density at radius 2 is 1.78 bits per heavy atom. The number of nitrogens with one attached hydrogen (secondary N) is 1. The van der Waals surface area contributed by atoms with Crippen molar-refractivity contribution in [2.24, 2.45) is 0 Å². The molecule has 1 saturated heterocycles. The maximum atomic E-state index is 16.9. The molecule has 6 heterocycles. The van der Waals surface area contributed by atoms with Crippen LogP contribution < -0.4 is 9.64 Å². The van der Waals surface area contributed by atoms with Gasteiger partial charge in [-0.15, -0.1) is 5.10 Å². The number of anilines is 1. The summed E-state index contributed by atoms with van der Waals surface area (Å²) in [7, 11) is 1.44. The molecule has 2 amide bonds. The SMILES string of the molecule is COc1cc(F)cnc1N1CCN(C(=O)c2cc3c(-c4c(F)ccc5ccc(C)nc45)cc(C4=CCCN(C(=O)CCn5ccnn5)C4)c(F)c3[nH]2)CC1. The predicted molar refractivity (Wildman–Crippen MR) is 196 cm³/mol. The minimum Gasteiger partial charge on any atom is -0.493 e. The van der Waals surface area contributed by atoms with Gasteiger partial charge in [-0.1, -0.05) is 17.4 Å². The normalized spacial score (nSPS) is 14.9. The molecule has 0 saturated carbocycles. The van der Waals surface area contributed by atoms with Gasteiger partial charge in [0.1, 0.15) is 17.3 Å². The Hall–Kier alpha value is -6.25. The van der Waals surface area contributed by atoms with Crippen LogP contribution in [0.3, 0.4) is 0 Å².